The van der Waals surface area contributed by atoms with E-state index in [9.17, 15) is 0 Å². The Hall–Kier alpha value is -1.32. The average Bonchev–Trinajstić information content (AvgIpc) is 2.38. The molecule has 0 heterocycles. The van der Waals surface area contributed by atoms with Crippen LogP contribution in [0, 0.1) is 6.92 Å². The predicted molar refractivity (Wildman–Crippen MR) is 77.7 cm³/mol. The zero-order chi connectivity index (χ0) is 13.0. The minimum absolute atomic E-state index is 0.120. The molecule has 2 nitrogen and oxygen atoms in total. The van der Waals surface area contributed by atoms with E-state index in [1.54, 1.807) is 0 Å². The molecule has 2 aromatic carbocycles. The van der Waals surface area contributed by atoms with E-state index in [0.717, 1.165) is 15.8 Å². The van der Waals surface area contributed by atoms with Crippen molar-refractivity contribution in [3.8, 4) is 5.75 Å². The molecule has 1 atom stereocenters. The molecule has 0 aliphatic carbocycles. The normalized spacial score (nSPS) is 12.2. The second kappa shape index (κ2) is 6.03. The van der Waals surface area contributed by atoms with E-state index in [1.165, 1.54) is 5.56 Å². The summed E-state index contributed by atoms with van der Waals surface area (Å²) in [4.78, 5) is 0. The molecule has 1 unspecified atom stereocenters. The largest absolute Gasteiger partial charge is 0.484 e. The van der Waals surface area contributed by atoms with E-state index in [0.29, 0.717) is 6.54 Å². The fourth-order valence-electron chi connectivity index (χ4n) is 1.74. The molecule has 3 heteroatoms. The van der Waals surface area contributed by atoms with Gasteiger partial charge in [-0.15, -0.1) is 0 Å². The number of aryl methyl sites for hydroxylation is 1. The van der Waals surface area contributed by atoms with Crippen molar-refractivity contribution in [2.75, 3.05) is 6.54 Å². The van der Waals surface area contributed by atoms with Gasteiger partial charge in [-0.1, -0.05) is 45.8 Å². The van der Waals surface area contributed by atoms with Crippen LogP contribution in [0.25, 0.3) is 0 Å². The molecule has 0 aliphatic rings. The zero-order valence-corrected chi connectivity index (χ0v) is 11.9. The molecular weight excluding hydrogens is 290 g/mol. The molecule has 0 amide bonds. The van der Waals surface area contributed by atoms with Crippen molar-refractivity contribution in [1.29, 1.82) is 0 Å². The first-order valence-electron chi connectivity index (χ1n) is 5.88. The van der Waals surface area contributed by atoms with Crippen molar-refractivity contribution in [3.05, 3.63) is 64.1 Å². The smallest absolute Gasteiger partial charge is 0.136 e. The topological polar surface area (TPSA) is 35.2 Å². The van der Waals surface area contributed by atoms with E-state index in [4.69, 9.17) is 10.5 Å². The summed E-state index contributed by atoms with van der Waals surface area (Å²) in [5.41, 5.74) is 8.09. The van der Waals surface area contributed by atoms with E-state index < -0.39 is 0 Å². The summed E-state index contributed by atoms with van der Waals surface area (Å²) in [6.07, 6.45) is -0.120. The number of ether oxygens (including phenoxy) is 1. The molecule has 2 aromatic rings. The Labute approximate surface area is 116 Å². The maximum atomic E-state index is 5.91. The van der Waals surface area contributed by atoms with Crippen LogP contribution in [0.2, 0.25) is 0 Å². The summed E-state index contributed by atoms with van der Waals surface area (Å²) < 4.78 is 6.95. The van der Waals surface area contributed by atoms with Gasteiger partial charge in [-0.25, -0.2) is 0 Å². The van der Waals surface area contributed by atoms with Gasteiger partial charge in [0, 0.05) is 11.0 Å². The van der Waals surface area contributed by atoms with Gasteiger partial charge in [-0.3, -0.25) is 0 Å². The molecule has 0 fully saturated rings. The van der Waals surface area contributed by atoms with Gasteiger partial charge in [0.2, 0.25) is 0 Å². The Morgan fingerprint density at radius 1 is 1.17 bits per heavy atom. The third-order valence-corrected chi connectivity index (χ3v) is 3.23. The summed E-state index contributed by atoms with van der Waals surface area (Å²) in [6, 6.07) is 16.0. The monoisotopic (exact) mass is 305 g/mol. The summed E-state index contributed by atoms with van der Waals surface area (Å²) in [7, 11) is 0. The van der Waals surface area contributed by atoms with Gasteiger partial charge in [0.15, 0.2) is 0 Å². The van der Waals surface area contributed by atoms with Gasteiger partial charge in [-0.2, -0.15) is 0 Å². The molecule has 94 valence electrons. The van der Waals surface area contributed by atoms with Crippen LogP contribution < -0.4 is 10.5 Å². The number of hydrogen-bond acceptors (Lipinski definition) is 2. The van der Waals surface area contributed by atoms with Crippen LogP contribution in [0.4, 0.5) is 0 Å². The minimum atomic E-state index is -0.120. The molecule has 0 bridgehead atoms. The van der Waals surface area contributed by atoms with Crippen LogP contribution >= 0.6 is 15.9 Å². The van der Waals surface area contributed by atoms with Crippen LogP contribution in [0.1, 0.15) is 17.2 Å². The lowest BCUT2D eigenvalue weighted by molar-refractivity contribution is 0.214. The second-order valence-electron chi connectivity index (χ2n) is 4.21. The van der Waals surface area contributed by atoms with E-state index in [1.807, 2.05) is 48.5 Å². The van der Waals surface area contributed by atoms with Gasteiger partial charge < -0.3 is 10.5 Å². The maximum absolute atomic E-state index is 5.91. The highest BCUT2D eigenvalue weighted by molar-refractivity contribution is 9.10. The Balaban J connectivity index is 2.17. The minimum Gasteiger partial charge on any atom is -0.484 e. The summed E-state index contributed by atoms with van der Waals surface area (Å²) in [6.45, 7) is 2.50. The molecule has 2 N–H and O–H groups in total. The fraction of sp³-hybridized carbons (Fsp3) is 0.200. The molecule has 2 rings (SSSR count). The number of nitrogens with two attached hydrogens (primary N) is 1. The Morgan fingerprint density at radius 2 is 1.89 bits per heavy atom. The molecular formula is C15H16BrNO. The van der Waals surface area contributed by atoms with Crippen LogP contribution in [0.15, 0.2) is 53.0 Å². The zero-order valence-electron chi connectivity index (χ0n) is 10.3. The highest BCUT2D eigenvalue weighted by atomic mass is 79.9. The summed E-state index contributed by atoms with van der Waals surface area (Å²) in [5, 5.41) is 0. The van der Waals surface area contributed by atoms with Gasteiger partial charge >= 0.3 is 0 Å². The van der Waals surface area contributed by atoms with Crippen molar-refractivity contribution >= 4 is 15.9 Å². The first-order chi connectivity index (χ1) is 8.69. The van der Waals surface area contributed by atoms with Gasteiger partial charge in [0.05, 0.1) is 0 Å². The van der Waals surface area contributed by atoms with Gasteiger partial charge in [-0.05, 0) is 36.8 Å². The molecule has 0 radical (unpaired) electrons. The highest BCUT2D eigenvalue weighted by Crippen LogP contribution is 2.23. The number of rotatable bonds is 4. The molecule has 0 saturated heterocycles. The standard InChI is InChI=1S/C15H16BrNO/c1-11-5-7-14(8-6-11)18-15(10-17)12-3-2-4-13(16)9-12/h2-9,15H,10,17H2,1H3. The lowest BCUT2D eigenvalue weighted by Crippen LogP contribution is -2.18. The van der Waals surface area contributed by atoms with Crippen LogP contribution in [-0.2, 0) is 0 Å². The summed E-state index contributed by atoms with van der Waals surface area (Å²) in [5.74, 6) is 0.844. The number of hydrogen-bond donors (Lipinski definition) is 1. The average molecular weight is 306 g/mol. The first-order valence-corrected chi connectivity index (χ1v) is 6.67. The van der Waals surface area contributed by atoms with E-state index >= 15 is 0 Å². The van der Waals surface area contributed by atoms with Crippen LogP contribution in [0.5, 0.6) is 5.75 Å². The molecule has 0 aliphatic heterocycles. The maximum Gasteiger partial charge on any atom is 0.136 e. The lowest BCUT2D eigenvalue weighted by atomic mass is 10.1. The third-order valence-electron chi connectivity index (χ3n) is 2.73. The van der Waals surface area contributed by atoms with Gasteiger partial charge in [0.1, 0.15) is 11.9 Å². The Morgan fingerprint density at radius 3 is 2.50 bits per heavy atom. The van der Waals surface area contributed by atoms with E-state index in [2.05, 4.69) is 22.9 Å². The molecule has 0 saturated carbocycles. The van der Waals surface area contributed by atoms with Crippen molar-refractivity contribution in [3.63, 3.8) is 0 Å². The number of halogens is 1. The molecule has 18 heavy (non-hydrogen) atoms. The third kappa shape index (κ3) is 3.34. The predicted octanol–water partition coefficient (Wildman–Crippen LogP) is 3.84. The quantitative estimate of drug-likeness (QED) is 0.931. The van der Waals surface area contributed by atoms with Gasteiger partial charge in [0.25, 0.3) is 0 Å². The second-order valence-corrected chi connectivity index (χ2v) is 5.13. The Kier molecular flexibility index (Phi) is 4.39. The van der Waals surface area contributed by atoms with Crippen molar-refractivity contribution in [2.24, 2.45) is 5.73 Å². The van der Waals surface area contributed by atoms with E-state index in [-0.39, 0.29) is 6.10 Å². The lowest BCUT2D eigenvalue weighted by Gasteiger charge is -2.18. The molecule has 0 spiro atoms. The number of benzene rings is 2. The fourth-order valence-corrected chi connectivity index (χ4v) is 2.16. The summed E-state index contributed by atoms with van der Waals surface area (Å²) >= 11 is 3.46. The Bertz CT molecular complexity index is 510. The van der Waals surface area contributed by atoms with Crippen LogP contribution in [0.3, 0.4) is 0 Å². The van der Waals surface area contributed by atoms with Crippen molar-refractivity contribution in [2.45, 2.75) is 13.0 Å². The first kappa shape index (κ1) is 13.1. The van der Waals surface area contributed by atoms with Crippen molar-refractivity contribution in [1.82, 2.24) is 0 Å². The SMILES string of the molecule is Cc1ccc(OC(CN)c2cccc(Br)c2)cc1. The van der Waals surface area contributed by atoms with Crippen molar-refractivity contribution < 1.29 is 4.74 Å². The molecule has 0 aromatic heterocycles. The van der Waals surface area contributed by atoms with Crippen LogP contribution in [-0.4, -0.2) is 6.54 Å². The highest BCUT2D eigenvalue weighted by Gasteiger charge is 2.11.